The third kappa shape index (κ3) is 3.62. The molecule has 3 aromatic rings. The first-order chi connectivity index (χ1) is 11.7. The highest BCUT2D eigenvalue weighted by atomic mass is 16.3. The van der Waals surface area contributed by atoms with Gasteiger partial charge in [0.25, 0.3) is 0 Å². The van der Waals surface area contributed by atoms with Crippen molar-refractivity contribution in [3.63, 3.8) is 0 Å². The number of hydrogen-bond acceptors (Lipinski definition) is 2. The molecule has 0 saturated heterocycles. The van der Waals surface area contributed by atoms with Gasteiger partial charge in [0.15, 0.2) is 5.96 Å². The maximum absolute atomic E-state index is 5.08. The fourth-order valence-corrected chi connectivity index (χ4v) is 2.70. The van der Waals surface area contributed by atoms with Gasteiger partial charge in [-0.25, -0.2) is 4.99 Å². The van der Waals surface area contributed by atoms with Crippen LogP contribution >= 0.6 is 0 Å². The average Bonchev–Trinajstić information content (AvgIpc) is 3.19. The number of benzene rings is 1. The molecule has 2 heterocycles. The molecule has 0 fully saturated rings. The molecule has 0 unspecified atom stereocenters. The van der Waals surface area contributed by atoms with Crippen LogP contribution < -0.4 is 10.6 Å². The molecular weight excluding hydrogens is 300 g/mol. The number of aryl methyl sites for hydroxylation is 2. The van der Waals surface area contributed by atoms with E-state index in [9.17, 15) is 0 Å². The van der Waals surface area contributed by atoms with Gasteiger partial charge in [-0.2, -0.15) is 0 Å². The van der Waals surface area contributed by atoms with Gasteiger partial charge in [0, 0.05) is 35.2 Å². The second-order valence-corrected chi connectivity index (χ2v) is 5.94. The smallest absolute Gasteiger partial charge is 0.191 e. The van der Waals surface area contributed by atoms with Crippen molar-refractivity contribution in [1.29, 1.82) is 0 Å². The van der Waals surface area contributed by atoms with E-state index in [0.717, 1.165) is 24.6 Å². The van der Waals surface area contributed by atoms with Crippen LogP contribution in [-0.2, 0) is 13.1 Å². The largest absolute Gasteiger partial charge is 0.472 e. The number of nitrogens with zero attached hydrogens (tertiary/aromatic N) is 1. The van der Waals surface area contributed by atoms with Crippen LogP contribution in [0.1, 0.15) is 29.3 Å². The third-order valence-electron chi connectivity index (χ3n) is 4.18. The van der Waals surface area contributed by atoms with E-state index in [4.69, 9.17) is 4.42 Å². The van der Waals surface area contributed by atoms with E-state index in [1.165, 1.54) is 27.7 Å². The number of nitrogens with one attached hydrogen (secondary N) is 3. The van der Waals surface area contributed by atoms with E-state index >= 15 is 0 Å². The number of fused-ring (bicyclic) bond motifs is 1. The van der Waals surface area contributed by atoms with Crippen molar-refractivity contribution >= 4 is 16.9 Å². The van der Waals surface area contributed by atoms with Gasteiger partial charge < -0.3 is 20.0 Å². The minimum absolute atomic E-state index is 0.598. The number of aliphatic imine (C=N–C) groups is 1. The highest BCUT2D eigenvalue weighted by molar-refractivity contribution is 5.85. The number of aromatic amines is 1. The van der Waals surface area contributed by atoms with E-state index in [0.29, 0.717) is 6.54 Å². The van der Waals surface area contributed by atoms with Crippen LogP contribution in [0.5, 0.6) is 0 Å². The molecular formula is C19H24N4O. The van der Waals surface area contributed by atoms with Crippen LogP contribution in [0.25, 0.3) is 10.9 Å². The number of aromatic nitrogens is 1. The van der Waals surface area contributed by atoms with Crippen LogP contribution in [0.2, 0.25) is 0 Å². The van der Waals surface area contributed by atoms with E-state index in [-0.39, 0.29) is 0 Å². The van der Waals surface area contributed by atoms with E-state index in [1.807, 2.05) is 6.07 Å². The molecule has 0 radical (unpaired) electrons. The molecule has 3 N–H and O–H groups in total. The van der Waals surface area contributed by atoms with Crippen LogP contribution in [0.15, 0.2) is 46.2 Å². The number of rotatable bonds is 5. The zero-order valence-electron chi connectivity index (χ0n) is 14.4. The molecule has 1 aromatic carbocycles. The monoisotopic (exact) mass is 324 g/mol. The van der Waals surface area contributed by atoms with Crippen LogP contribution in [0, 0.1) is 13.8 Å². The summed E-state index contributed by atoms with van der Waals surface area (Å²) in [5.41, 5.74) is 6.03. The summed E-state index contributed by atoms with van der Waals surface area (Å²) >= 11 is 0. The first-order valence-electron chi connectivity index (χ1n) is 8.28. The predicted octanol–water partition coefficient (Wildman–Crippen LogP) is 3.63. The molecule has 0 spiro atoms. The lowest BCUT2D eigenvalue weighted by Gasteiger charge is -2.11. The fraction of sp³-hybridized carbons (Fsp3) is 0.316. The van der Waals surface area contributed by atoms with E-state index in [2.05, 4.69) is 59.6 Å². The molecule has 0 atom stereocenters. The van der Waals surface area contributed by atoms with Crippen LogP contribution in [0.4, 0.5) is 0 Å². The van der Waals surface area contributed by atoms with Crippen molar-refractivity contribution in [3.05, 3.63) is 59.2 Å². The number of H-pyrrole nitrogens is 1. The van der Waals surface area contributed by atoms with Gasteiger partial charge in [-0.05, 0) is 50.1 Å². The standard InChI is InChI=1S/C19H24N4O/c1-4-20-19(22-11-16-7-8-24-12-16)21-10-15-5-6-18-17(9-15)13(2)14(3)23-18/h5-9,12,23H,4,10-11H2,1-3H3,(H2,20,21,22). The SMILES string of the molecule is CCNC(=NCc1ccoc1)NCc1ccc2[nH]c(C)c(C)c2c1. The molecule has 126 valence electrons. The first-order valence-corrected chi connectivity index (χ1v) is 8.28. The predicted molar refractivity (Wildman–Crippen MR) is 98.1 cm³/mol. The Balaban J connectivity index is 1.69. The van der Waals surface area contributed by atoms with Crippen molar-refractivity contribution in [1.82, 2.24) is 15.6 Å². The summed E-state index contributed by atoms with van der Waals surface area (Å²) in [5, 5.41) is 7.94. The van der Waals surface area contributed by atoms with E-state index in [1.54, 1.807) is 12.5 Å². The Labute approximate surface area is 142 Å². The summed E-state index contributed by atoms with van der Waals surface area (Å²) in [6, 6.07) is 8.45. The molecule has 0 aliphatic rings. The minimum atomic E-state index is 0.598. The normalized spacial score (nSPS) is 11.9. The molecule has 5 nitrogen and oxygen atoms in total. The lowest BCUT2D eigenvalue weighted by molar-refractivity contribution is 0.564. The second-order valence-electron chi connectivity index (χ2n) is 5.94. The fourth-order valence-electron chi connectivity index (χ4n) is 2.70. The quantitative estimate of drug-likeness (QED) is 0.496. The Morgan fingerprint density at radius 2 is 2.04 bits per heavy atom. The van der Waals surface area contributed by atoms with Gasteiger partial charge in [-0.15, -0.1) is 0 Å². The molecule has 0 amide bonds. The summed E-state index contributed by atoms with van der Waals surface area (Å²) in [5.74, 6) is 0.806. The summed E-state index contributed by atoms with van der Waals surface area (Å²) in [7, 11) is 0. The number of furan rings is 1. The summed E-state index contributed by atoms with van der Waals surface area (Å²) in [6.07, 6.45) is 3.39. The van der Waals surface area contributed by atoms with Gasteiger partial charge in [0.05, 0.1) is 19.1 Å². The lowest BCUT2D eigenvalue weighted by atomic mass is 10.1. The topological polar surface area (TPSA) is 65.3 Å². The Kier molecular flexibility index (Phi) is 4.89. The first kappa shape index (κ1) is 16.2. The van der Waals surface area contributed by atoms with Crippen LogP contribution in [0.3, 0.4) is 0 Å². The van der Waals surface area contributed by atoms with Gasteiger partial charge in [0.2, 0.25) is 0 Å². The molecule has 0 aliphatic heterocycles. The maximum atomic E-state index is 5.08. The van der Waals surface area contributed by atoms with Gasteiger partial charge >= 0.3 is 0 Å². The molecule has 0 saturated carbocycles. The zero-order chi connectivity index (χ0) is 16.9. The Bertz CT molecular complexity index is 831. The minimum Gasteiger partial charge on any atom is -0.472 e. The maximum Gasteiger partial charge on any atom is 0.191 e. The van der Waals surface area contributed by atoms with Gasteiger partial charge in [0.1, 0.15) is 0 Å². The Morgan fingerprint density at radius 1 is 1.17 bits per heavy atom. The number of guanidine groups is 1. The lowest BCUT2D eigenvalue weighted by Crippen LogP contribution is -2.36. The second kappa shape index (κ2) is 7.25. The summed E-state index contributed by atoms with van der Waals surface area (Å²) in [6.45, 7) is 8.48. The van der Waals surface area contributed by atoms with Gasteiger partial charge in [-0.1, -0.05) is 6.07 Å². The zero-order valence-corrected chi connectivity index (χ0v) is 14.4. The molecule has 0 bridgehead atoms. The van der Waals surface area contributed by atoms with Crippen molar-refractivity contribution < 1.29 is 4.42 Å². The molecule has 3 rings (SSSR count). The third-order valence-corrected chi connectivity index (χ3v) is 4.18. The molecule has 2 aromatic heterocycles. The Hall–Kier alpha value is -2.69. The van der Waals surface area contributed by atoms with Crippen molar-refractivity contribution in [3.8, 4) is 0 Å². The highest BCUT2D eigenvalue weighted by Gasteiger charge is 2.05. The summed E-state index contributed by atoms with van der Waals surface area (Å²) in [4.78, 5) is 7.99. The highest BCUT2D eigenvalue weighted by Crippen LogP contribution is 2.22. The van der Waals surface area contributed by atoms with Crippen molar-refractivity contribution in [2.45, 2.75) is 33.9 Å². The van der Waals surface area contributed by atoms with Crippen LogP contribution in [-0.4, -0.2) is 17.5 Å². The van der Waals surface area contributed by atoms with Gasteiger partial charge in [-0.3, -0.25) is 0 Å². The van der Waals surface area contributed by atoms with Crippen molar-refractivity contribution in [2.24, 2.45) is 4.99 Å². The molecule has 24 heavy (non-hydrogen) atoms. The summed E-state index contributed by atoms with van der Waals surface area (Å²) < 4.78 is 5.08. The molecule has 0 aliphatic carbocycles. The average molecular weight is 324 g/mol. The Morgan fingerprint density at radius 3 is 2.79 bits per heavy atom. The molecule has 5 heteroatoms. The van der Waals surface area contributed by atoms with E-state index < -0.39 is 0 Å². The van der Waals surface area contributed by atoms with Crippen molar-refractivity contribution in [2.75, 3.05) is 6.54 Å². The number of hydrogen-bond donors (Lipinski definition) is 3.